The topological polar surface area (TPSA) is 113 Å². The minimum Gasteiger partial charge on any atom is -0.393 e. The summed E-state index contributed by atoms with van der Waals surface area (Å²) in [6.07, 6.45) is 9.40. The van der Waals surface area contributed by atoms with E-state index in [2.05, 4.69) is 20.6 Å². The lowest BCUT2D eigenvalue weighted by Gasteiger charge is -2.40. The highest BCUT2D eigenvalue weighted by Gasteiger charge is 2.50. The molecule has 24 heavy (non-hydrogen) atoms. The summed E-state index contributed by atoms with van der Waals surface area (Å²) in [6, 6.07) is 0.262. The third kappa shape index (κ3) is 2.92. The molecule has 7 nitrogen and oxygen atoms in total. The molecule has 0 aromatic carbocycles. The zero-order valence-electron chi connectivity index (χ0n) is 13.8. The van der Waals surface area contributed by atoms with E-state index in [1.165, 1.54) is 12.6 Å². The average molecular weight is 331 g/mol. The predicted molar refractivity (Wildman–Crippen MR) is 90.7 cm³/mol. The van der Waals surface area contributed by atoms with Crippen LogP contribution in [0.25, 0.3) is 0 Å². The average Bonchev–Trinajstić information content (AvgIpc) is 3.10. The van der Waals surface area contributed by atoms with Crippen LogP contribution in [0.1, 0.15) is 61.7 Å². The molecule has 0 saturated heterocycles. The van der Waals surface area contributed by atoms with Crippen LogP contribution in [0, 0.1) is 5.92 Å². The summed E-state index contributed by atoms with van der Waals surface area (Å²) in [5.41, 5.74) is 5.93. The summed E-state index contributed by atoms with van der Waals surface area (Å²) < 4.78 is 0. The summed E-state index contributed by atoms with van der Waals surface area (Å²) in [4.78, 5) is 20.5. The van der Waals surface area contributed by atoms with Crippen LogP contribution in [-0.2, 0) is 0 Å². The highest BCUT2D eigenvalue weighted by atomic mass is 16.3. The second-order valence-electron chi connectivity index (χ2n) is 7.69. The Balaban J connectivity index is 1.51. The molecular weight excluding hydrogens is 306 g/mol. The van der Waals surface area contributed by atoms with Crippen LogP contribution in [-0.4, -0.2) is 38.7 Å². The molecule has 4 saturated carbocycles. The fourth-order valence-electron chi connectivity index (χ4n) is 4.48. The number of fused-ring (bicyclic) bond motifs is 1. The number of nitrogens with one attached hydrogen (secondary N) is 2. The van der Waals surface area contributed by atoms with Gasteiger partial charge in [-0.2, -0.15) is 4.98 Å². The monoisotopic (exact) mass is 331 g/mol. The Morgan fingerprint density at radius 2 is 2.00 bits per heavy atom. The van der Waals surface area contributed by atoms with Gasteiger partial charge in [-0.1, -0.05) is 0 Å². The van der Waals surface area contributed by atoms with Gasteiger partial charge in [0.15, 0.2) is 0 Å². The van der Waals surface area contributed by atoms with Crippen LogP contribution < -0.4 is 16.4 Å². The smallest absolute Gasteiger partial charge is 0.254 e. The van der Waals surface area contributed by atoms with Gasteiger partial charge >= 0.3 is 0 Å². The van der Waals surface area contributed by atoms with Crippen molar-refractivity contribution in [2.24, 2.45) is 11.7 Å². The largest absolute Gasteiger partial charge is 0.393 e. The molecule has 0 unspecified atom stereocenters. The molecule has 4 aliphatic carbocycles. The lowest BCUT2D eigenvalue weighted by Crippen LogP contribution is -2.43. The Morgan fingerprint density at radius 1 is 1.25 bits per heavy atom. The normalized spacial score (nSPS) is 34.5. The number of nitrogens with zero attached hydrogens (tertiary/aromatic N) is 2. The summed E-state index contributed by atoms with van der Waals surface area (Å²) in [5, 5.41) is 16.4. The van der Waals surface area contributed by atoms with E-state index in [1.807, 2.05) is 0 Å². The highest BCUT2D eigenvalue weighted by Crippen LogP contribution is 2.53. The van der Waals surface area contributed by atoms with Crippen LogP contribution >= 0.6 is 0 Å². The van der Waals surface area contributed by atoms with Crippen molar-refractivity contribution in [2.75, 3.05) is 10.6 Å². The predicted octanol–water partition coefficient (Wildman–Crippen LogP) is 1.65. The third-order valence-corrected chi connectivity index (χ3v) is 5.86. The fourth-order valence-corrected chi connectivity index (χ4v) is 4.48. The van der Waals surface area contributed by atoms with E-state index in [-0.39, 0.29) is 17.7 Å². The molecule has 1 aromatic rings. The summed E-state index contributed by atoms with van der Waals surface area (Å²) >= 11 is 0. The van der Waals surface area contributed by atoms with Crippen LogP contribution in [0.5, 0.6) is 0 Å². The first-order valence-corrected chi connectivity index (χ1v) is 8.93. The van der Waals surface area contributed by atoms with E-state index >= 15 is 0 Å². The van der Waals surface area contributed by atoms with Gasteiger partial charge in [-0.05, 0) is 57.3 Å². The molecule has 1 aromatic heterocycles. The van der Waals surface area contributed by atoms with Crippen molar-refractivity contribution in [2.45, 2.75) is 69.1 Å². The summed E-state index contributed by atoms with van der Waals surface area (Å²) in [6.45, 7) is 0. The first-order chi connectivity index (χ1) is 11.5. The number of rotatable bonds is 5. The van der Waals surface area contributed by atoms with Crippen LogP contribution in [0.4, 0.5) is 11.8 Å². The number of nitrogens with two attached hydrogens (primary N) is 1. The van der Waals surface area contributed by atoms with Gasteiger partial charge in [-0.25, -0.2) is 4.98 Å². The molecule has 0 atom stereocenters. The first-order valence-electron chi connectivity index (χ1n) is 8.93. The van der Waals surface area contributed by atoms with Gasteiger partial charge in [0.05, 0.1) is 11.7 Å². The van der Waals surface area contributed by atoms with E-state index in [0.29, 0.717) is 17.3 Å². The van der Waals surface area contributed by atoms with Crippen LogP contribution in [0.15, 0.2) is 6.20 Å². The molecule has 4 fully saturated rings. The van der Waals surface area contributed by atoms with Gasteiger partial charge < -0.3 is 21.5 Å². The van der Waals surface area contributed by atoms with Gasteiger partial charge in [-0.15, -0.1) is 0 Å². The number of carbonyl (C=O) groups is 1. The van der Waals surface area contributed by atoms with E-state index < -0.39 is 5.91 Å². The Morgan fingerprint density at radius 3 is 2.62 bits per heavy atom. The molecule has 1 amide bonds. The van der Waals surface area contributed by atoms with Gasteiger partial charge in [0.25, 0.3) is 5.91 Å². The lowest BCUT2D eigenvalue weighted by molar-refractivity contribution is 0.1000. The number of hydrogen-bond donors (Lipinski definition) is 4. The number of aliphatic hydroxyl groups is 1. The second kappa shape index (κ2) is 5.88. The molecule has 5 rings (SSSR count). The van der Waals surface area contributed by atoms with E-state index in [4.69, 9.17) is 5.73 Å². The van der Waals surface area contributed by atoms with Crippen molar-refractivity contribution in [3.05, 3.63) is 11.8 Å². The third-order valence-electron chi connectivity index (χ3n) is 5.86. The fraction of sp³-hybridized carbons (Fsp3) is 0.706. The quantitative estimate of drug-likeness (QED) is 0.652. The van der Waals surface area contributed by atoms with Crippen molar-refractivity contribution in [1.29, 1.82) is 0 Å². The Bertz CT molecular complexity index is 630. The van der Waals surface area contributed by atoms with Crippen molar-refractivity contribution >= 4 is 17.7 Å². The maximum atomic E-state index is 11.7. The molecule has 130 valence electrons. The van der Waals surface area contributed by atoms with Crippen molar-refractivity contribution in [3.63, 3.8) is 0 Å². The van der Waals surface area contributed by atoms with Gasteiger partial charge in [0.2, 0.25) is 5.95 Å². The first kappa shape index (κ1) is 15.6. The molecule has 0 aliphatic heterocycles. The number of amides is 1. The maximum Gasteiger partial charge on any atom is 0.254 e. The van der Waals surface area contributed by atoms with E-state index in [9.17, 15) is 9.90 Å². The number of carbonyl (C=O) groups excluding carboxylic acids is 1. The SMILES string of the molecule is NC(=O)c1cnc(NC2CCC(O)CC2)nc1NC12CCC(C1)C2. The minimum absolute atomic E-state index is 0.0927. The molecule has 0 spiro atoms. The lowest BCUT2D eigenvalue weighted by atomic mass is 9.77. The van der Waals surface area contributed by atoms with Crippen molar-refractivity contribution < 1.29 is 9.90 Å². The Kier molecular flexibility index (Phi) is 3.83. The van der Waals surface area contributed by atoms with E-state index in [1.54, 1.807) is 0 Å². The van der Waals surface area contributed by atoms with Gasteiger partial charge in [0.1, 0.15) is 5.82 Å². The minimum atomic E-state index is -0.505. The van der Waals surface area contributed by atoms with Crippen molar-refractivity contribution in [1.82, 2.24) is 9.97 Å². The van der Waals surface area contributed by atoms with E-state index in [0.717, 1.165) is 50.9 Å². The summed E-state index contributed by atoms with van der Waals surface area (Å²) in [5.74, 6) is 1.39. The summed E-state index contributed by atoms with van der Waals surface area (Å²) in [7, 11) is 0. The number of aromatic nitrogens is 2. The molecule has 2 bridgehead atoms. The van der Waals surface area contributed by atoms with Gasteiger partial charge in [0, 0.05) is 17.8 Å². The molecule has 4 aliphatic rings. The van der Waals surface area contributed by atoms with Gasteiger partial charge in [-0.3, -0.25) is 4.79 Å². The van der Waals surface area contributed by atoms with Crippen LogP contribution in [0.2, 0.25) is 0 Å². The number of hydrogen-bond acceptors (Lipinski definition) is 6. The highest BCUT2D eigenvalue weighted by molar-refractivity contribution is 5.97. The maximum absolute atomic E-state index is 11.7. The molecule has 5 N–H and O–H groups in total. The Labute approximate surface area is 141 Å². The number of primary amides is 1. The standard InChI is InChI=1S/C17H25N5O2/c18-14(24)13-9-19-16(20-11-1-3-12(23)4-2-11)21-15(13)22-17-6-5-10(7-17)8-17/h9-12,23H,1-8H2,(H2,18,24)(H2,19,20,21,22). The zero-order chi connectivity index (χ0) is 16.7. The Hall–Kier alpha value is -1.89. The molecular formula is C17H25N5O2. The second-order valence-corrected chi connectivity index (χ2v) is 7.69. The number of anilines is 2. The molecule has 1 heterocycles. The molecule has 7 heteroatoms. The van der Waals surface area contributed by atoms with Crippen molar-refractivity contribution in [3.8, 4) is 0 Å². The number of aliphatic hydroxyl groups excluding tert-OH is 1. The van der Waals surface area contributed by atoms with Crippen LogP contribution in [0.3, 0.4) is 0 Å². The molecule has 0 radical (unpaired) electrons. The zero-order valence-corrected chi connectivity index (χ0v) is 13.8.